The van der Waals surface area contributed by atoms with E-state index in [1.54, 1.807) is 11.2 Å². The molecular formula is C14H14BrF2N3O2S. The highest BCUT2D eigenvalue weighted by atomic mass is 79.9. The van der Waals surface area contributed by atoms with Crippen LogP contribution >= 0.6 is 27.7 Å². The largest absolute Gasteiger partial charge is 0.394 e. The highest BCUT2D eigenvalue weighted by molar-refractivity contribution is 9.10. The molecule has 5 nitrogen and oxygen atoms in total. The number of rotatable bonds is 3. The molecule has 9 heteroatoms. The van der Waals surface area contributed by atoms with Crippen LogP contribution in [0, 0.1) is 11.6 Å². The lowest BCUT2D eigenvalue weighted by Gasteiger charge is -2.36. The van der Waals surface area contributed by atoms with Crippen LogP contribution in [0.4, 0.5) is 14.6 Å². The molecule has 1 aliphatic rings. The van der Waals surface area contributed by atoms with Gasteiger partial charge in [-0.2, -0.15) is 0 Å². The molecule has 2 heterocycles. The number of nitrogens with zero attached hydrogens (tertiary/aromatic N) is 3. The van der Waals surface area contributed by atoms with Crippen LogP contribution in [0.25, 0.3) is 10.9 Å². The van der Waals surface area contributed by atoms with Crippen molar-refractivity contribution in [2.75, 3.05) is 37.5 Å². The molecule has 0 radical (unpaired) electrons. The number of thioether (sulfide) groups is 1. The first-order chi connectivity index (χ1) is 11.1. The second-order valence-corrected chi connectivity index (χ2v) is 6.64. The quantitative estimate of drug-likeness (QED) is 0.481. The summed E-state index contributed by atoms with van der Waals surface area (Å²) < 4.78 is 34.3. The molecule has 1 aromatic carbocycles. The molecule has 3 rings (SSSR count). The Morgan fingerprint density at radius 2 is 2.26 bits per heavy atom. The van der Waals surface area contributed by atoms with Crippen molar-refractivity contribution in [1.82, 2.24) is 9.97 Å². The van der Waals surface area contributed by atoms with Gasteiger partial charge in [-0.25, -0.2) is 18.7 Å². The Labute approximate surface area is 144 Å². The van der Waals surface area contributed by atoms with Crippen molar-refractivity contribution in [1.29, 1.82) is 0 Å². The molecule has 0 amide bonds. The maximum absolute atomic E-state index is 14.5. The summed E-state index contributed by atoms with van der Waals surface area (Å²) in [7, 11) is 0. The molecule has 1 fully saturated rings. The Morgan fingerprint density at radius 3 is 2.96 bits per heavy atom. The summed E-state index contributed by atoms with van der Waals surface area (Å²) in [5, 5.41) is 9.90. The summed E-state index contributed by atoms with van der Waals surface area (Å²) in [4.78, 5) is 10.2. The van der Waals surface area contributed by atoms with Crippen molar-refractivity contribution in [3.8, 4) is 0 Å². The third-order valence-corrected chi connectivity index (χ3v) is 4.80. The van der Waals surface area contributed by atoms with Gasteiger partial charge in [0.15, 0.2) is 11.0 Å². The summed E-state index contributed by atoms with van der Waals surface area (Å²) in [6.07, 6.45) is 1.76. The molecule has 0 aliphatic carbocycles. The van der Waals surface area contributed by atoms with E-state index < -0.39 is 11.6 Å². The minimum atomic E-state index is -0.630. The number of morpholine rings is 1. The number of fused-ring (bicyclic) bond motifs is 1. The Morgan fingerprint density at radius 1 is 1.48 bits per heavy atom. The van der Waals surface area contributed by atoms with Crippen LogP contribution in [0.3, 0.4) is 0 Å². The lowest BCUT2D eigenvalue weighted by Crippen LogP contribution is -2.48. The minimum Gasteiger partial charge on any atom is -0.394 e. The van der Waals surface area contributed by atoms with Gasteiger partial charge in [0.05, 0.1) is 35.7 Å². The molecule has 1 aromatic heterocycles. The average Bonchev–Trinajstić information content (AvgIpc) is 2.58. The second kappa shape index (κ2) is 6.84. The fraction of sp³-hybridized carbons (Fsp3) is 0.429. The van der Waals surface area contributed by atoms with E-state index in [4.69, 9.17) is 4.74 Å². The third kappa shape index (κ3) is 3.02. The molecule has 23 heavy (non-hydrogen) atoms. The fourth-order valence-corrected chi connectivity index (χ4v) is 3.30. The molecule has 0 spiro atoms. The number of anilines is 1. The summed E-state index contributed by atoms with van der Waals surface area (Å²) in [6.45, 7) is 0.997. The summed E-state index contributed by atoms with van der Waals surface area (Å²) >= 11 is 4.25. The van der Waals surface area contributed by atoms with E-state index in [0.717, 1.165) is 6.07 Å². The van der Waals surface area contributed by atoms with Crippen LogP contribution in [0.5, 0.6) is 0 Å². The van der Waals surface area contributed by atoms with Crippen LogP contribution in [0.1, 0.15) is 0 Å². The average molecular weight is 406 g/mol. The van der Waals surface area contributed by atoms with Gasteiger partial charge in [0.25, 0.3) is 0 Å². The van der Waals surface area contributed by atoms with E-state index in [1.807, 2.05) is 0 Å². The number of benzene rings is 1. The number of ether oxygens (including phenoxy) is 1. The fourth-order valence-electron chi connectivity index (χ4n) is 2.55. The topological polar surface area (TPSA) is 58.5 Å². The number of aliphatic hydroxyl groups is 1. The molecule has 1 saturated heterocycles. The summed E-state index contributed by atoms with van der Waals surface area (Å²) in [6, 6.07) is 0.709. The first-order valence-electron chi connectivity index (χ1n) is 6.91. The molecular weight excluding hydrogens is 392 g/mol. The monoisotopic (exact) mass is 405 g/mol. The Balaban J connectivity index is 2.28. The number of hydrogen-bond acceptors (Lipinski definition) is 6. The number of aliphatic hydroxyl groups excluding tert-OH is 1. The van der Waals surface area contributed by atoms with Crippen LogP contribution in [0.15, 0.2) is 15.7 Å². The van der Waals surface area contributed by atoms with Crippen molar-refractivity contribution in [2.45, 2.75) is 11.2 Å². The highest BCUT2D eigenvalue weighted by Gasteiger charge is 2.28. The SMILES string of the molecule is CSc1nc(N2CCOC[C@H]2CO)c2c(F)cc(Br)c(F)c2n1. The lowest BCUT2D eigenvalue weighted by atomic mass is 10.1. The van der Waals surface area contributed by atoms with E-state index in [0.29, 0.717) is 24.9 Å². The standard InChI is InChI=1S/C14H14BrF2N3O2S/c1-23-14-18-12-10(9(16)4-8(15)11(12)17)13(19-14)20-2-3-22-6-7(20)5-21/h4,7,21H,2-3,5-6H2,1H3/t7-/m1/s1. The van der Waals surface area contributed by atoms with Gasteiger partial charge < -0.3 is 14.7 Å². The van der Waals surface area contributed by atoms with E-state index in [-0.39, 0.29) is 33.8 Å². The van der Waals surface area contributed by atoms with Gasteiger partial charge in [-0.05, 0) is 28.3 Å². The van der Waals surface area contributed by atoms with E-state index in [2.05, 4.69) is 25.9 Å². The van der Waals surface area contributed by atoms with Gasteiger partial charge in [0.1, 0.15) is 17.2 Å². The smallest absolute Gasteiger partial charge is 0.189 e. The van der Waals surface area contributed by atoms with Gasteiger partial charge >= 0.3 is 0 Å². The minimum absolute atomic E-state index is 0.0138. The molecule has 124 valence electrons. The van der Waals surface area contributed by atoms with Crippen LogP contribution in [-0.4, -0.2) is 53.7 Å². The Kier molecular flexibility index (Phi) is 5.00. The Bertz CT molecular complexity index is 750. The number of aromatic nitrogens is 2. The van der Waals surface area contributed by atoms with Gasteiger partial charge in [-0.1, -0.05) is 11.8 Å². The highest BCUT2D eigenvalue weighted by Crippen LogP contribution is 2.34. The maximum Gasteiger partial charge on any atom is 0.189 e. The molecule has 1 N–H and O–H groups in total. The zero-order chi connectivity index (χ0) is 16.6. The van der Waals surface area contributed by atoms with Crippen molar-refractivity contribution in [2.24, 2.45) is 0 Å². The van der Waals surface area contributed by atoms with Crippen molar-refractivity contribution in [3.63, 3.8) is 0 Å². The lowest BCUT2D eigenvalue weighted by molar-refractivity contribution is 0.0723. The zero-order valence-electron chi connectivity index (χ0n) is 12.2. The molecule has 1 aliphatic heterocycles. The molecule has 0 saturated carbocycles. The van der Waals surface area contributed by atoms with Gasteiger partial charge in [0.2, 0.25) is 0 Å². The van der Waals surface area contributed by atoms with E-state index in [9.17, 15) is 13.9 Å². The first-order valence-corrected chi connectivity index (χ1v) is 8.93. The van der Waals surface area contributed by atoms with Gasteiger partial charge in [-0.3, -0.25) is 0 Å². The Hall–Kier alpha value is -1.03. The predicted molar refractivity (Wildman–Crippen MR) is 88.0 cm³/mol. The molecule has 1 atom stereocenters. The van der Waals surface area contributed by atoms with Crippen molar-refractivity contribution in [3.05, 3.63) is 22.2 Å². The first kappa shape index (κ1) is 16.8. The second-order valence-electron chi connectivity index (χ2n) is 5.02. The molecule has 2 aromatic rings. The summed E-state index contributed by atoms with van der Waals surface area (Å²) in [5.74, 6) is -0.959. The van der Waals surface area contributed by atoms with Crippen LogP contribution < -0.4 is 4.90 Å². The molecule has 0 unspecified atom stereocenters. The third-order valence-electron chi connectivity index (χ3n) is 3.67. The predicted octanol–water partition coefficient (Wildman–Crippen LogP) is 2.59. The molecule has 0 bridgehead atoms. The summed E-state index contributed by atoms with van der Waals surface area (Å²) in [5.41, 5.74) is -0.0746. The zero-order valence-corrected chi connectivity index (χ0v) is 14.6. The maximum atomic E-state index is 14.5. The normalized spacial score (nSPS) is 18.7. The van der Waals surface area contributed by atoms with E-state index >= 15 is 0 Å². The van der Waals surface area contributed by atoms with Crippen LogP contribution in [-0.2, 0) is 4.74 Å². The van der Waals surface area contributed by atoms with E-state index in [1.165, 1.54) is 11.8 Å². The number of halogens is 3. The van der Waals surface area contributed by atoms with Crippen molar-refractivity contribution < 1.29 is 18.6 Å². The van der Waals surface area contributed by atoms with Gasteiger partial charge in [-0.15, -0.1) is 0 Å². The van der Waals surface area contributed by atoms with Crippen LogP contribution in [0.2, 0.25) is 0 Å². The number of hydrogen-bond donors (Lipinski definition) is 1. The van der Waals surface area contributed by atoms with Gasteiger partial charge in [0, 0.05) is 6.54 Å². The van der Waals surface area contributed by atoms with Crippen molar-refractivity contribution >= 4 is 44.4 Å².